The van der Waals surface area contributed by atoms with Crippen LogP contribution in [-0.4, -0.2) is 48.6 Å². The van der Waals surface area contributed by atoms with Crippen LogP contribution in [0.15, 0.2) is 60.7 Å². The monoisotopic (exact) mass is 461 g/mol. The molecule has 5 rings (SSSR count). The van der Waals surface area contributed by atoms with Gasteiger partial charge in [-0.25, -0.2) is 4.79 Å². The number of rotatable bonds is 7. The molecule has 0 bridgehead atoms. The Labute approximate surface area is 195 Å². The Bertz CT molecular complexity index is 1200. The highest BCUT2D eigenvalue weighted by molar-refractivity contribution is 5.80. The Balaban J connectivity index is 1.20. The second-order valence-corrected chi connectivity index (χ2v) is 8.17. The van der Waals surface area contributed by atoms with Gasteiger partial charge in [0.2, 0.25) is 6.79 Å². The summed E-state index contributed by atoms with van der Waals surface area (Å²) < 4.78 is 16.0. The van der Waals surface area contributed by atoms with E-state index in [1.165, 1.54) is 12.1 Å². The number of carbonyl (C=O) groups excluding carboxylic acids is 2. The molecule has 2 atom stereocenters. The number of fused-ring (bicyclic) bond motifs is 4. The lowest BCUT2D eigenvalue weighted by Crippen LogP contribution is -2.36. The van der Waals surface area contributed by atoms with Crippen molar-refractivity contribution in [2.75, 3.05) is 19.9 Å². The van der Waals surface area contributed by atoms with Gasteiger partial charge in [0.15, 0.2) is 17.8 Å². The van der Waals surface area contributed by atoms with Gasteiger partial charge >= 0.3 is 6.09 Å². The van der Waals surface area contributed by atoms with Crippen LogP contribution in [-0.2, 0) is 4.74 Å². The van der Waals surface area contributed by atoms with Crippen LogP contribution in [0.5, 0.6) is 11.5 Å². The van der Waals surface area contributed by atoms with Crippen molar-refractivity contribution in [2.45, 2.75) is 18.1 Å². The fourth-order valence-electron chi connectivity index (χ4n) is 4.49. The average Bonchev–Trinajstić information content (AvgIpc) is 3.46. The van der Waals surface area contributed by atoms with Crippen molar-refractivity contribution in [1.82, 2.24) is 5.32 Å². The van der Waals surface area contributed by atoms with E-state index in [2.05, 4.69) is 17.4 Å². The van der Waals surface area contributed by atoms with Gasteiger partial charge < -0.3 is 29.7 Å². The zero-order valence-electron chi connectivity index (χ0n) is 18.1. The summed E-state index contributed by atoms with van der Waals surface area (Å²) in [5.41, 5.74) is 4.78. The molecule has 8 nitrogen and oxygen atoms in total. The largest absolute Gasteiger partial charge is 0.454 e. The summed E-state index contributed by atoms with van der Waals surface area (Å²) in [4.78, 5) is 23.8. The Morgan fingerprint density at radius 1 is 1.03 bits per heavy atom. The highest BCUT2D eigenvalue weighted by Gasteiger charge is 2.30. The van der Waals surface area contributed by atoms with E-state index >= 15 is 0 Å². The summed E-state index contributed by atoms with van der Waals surface area (Å²) in [6, 6.07) is 18.9. The number of aliphatic hydroxyl groups is 2. The van der Waals surface area contributed by atoms with E-state index in [1.54, 1.807) is 0 Å². The lowest BCUT2D eigenvalue weighted by Gasteiger charge is -2.20. The van der Waals surface area contributed by atoms with Gasteiger partial charge in [-0.2, -0.15) is 0 Å². The van der Waals surface area contributed by atoms with Crippen LogP contribution in [0.1, 0.15) is 39.1 Å². The van der Waals surface area contributed by atoms with Crippen molar-refractivity contribution in [3.63, 3.8) is 0 Å². The van der Waals surface area contributed by atoms with Gasteiger partial charge in [-0.1, -0.05) is 48.5 Å². The summed E-state index contributed by atoms with van der Waals surface area (Å²) in [6.07, 6.45) is -2.95. The Hall–Kier alpha value is -3.88. The third-order valence-electron chi connectivity index (χ3n) is 6.19. The van der Waals surface area contributed by atoms with Gasteiger partial charge in [-0.15, -0.1) is 0 Å². The summed E-state index contributed by atoms with van der Waals surface area (Å²) in [5, 5.41) is 23.5. The summed E-state index contributed by atoms with van der Waals surface area (Å²) >= 11 is 0. The van der Waals surface area contributed by atoms with E-state index < -0.39 is 18.3 Å². The van der Waals surface area contributed by atoms with Crippen LogP contribution in [0.3, 0.4) is 0 Å². The van der Waals surface area contributed by atoms with Crippen LogP contribution in [0.2, 0.25) is 0 Å². The molecule has 1 aliphatic carbocycles. The molecule has 1 amide bonds. The molecule has 0 aromatic heterocycles. The first-order valence-corrected chi connectivity index (χ1v) is 10.9. The van der Waals surface area contributed by atoms with Crippen LogP contribution in [0.25, 0.3) is 11.1 Å². The van der Waals surface area contributed by atoms with Gasteiger partial charge in [-0.05, 0) is 39.9 Å². The highest BCUT2D eigenvalue weighted by Crippen LogP contribution is 2.44. The fourth-order valence-corrected chi connectivity index (χ4v) is 4.49. The fraction of sp³-hybridized carbons (Fsp3) is 0.231. The number of hydrogen-bond acceptors (Lipinski definition) is 7. The first-order chi connectivity index (χ1) is 16.6. The number of aldehydes is 1. The average molecular weight is 461 g/mol. The third kappa shape index (κ3) is 3.98. The first-order valence-electron chi connectivity index (χ1n) is 10.9. The molecule has 174 valence electrons. The van der Waals surface area contributed by atoms with Crippen molar-refractivity contribution >= 4 is 12.4 Å². The molecule has 0 saturated heterocycles. The molecule has 34 heavy (non-hydrogen) atoms. The van der Waals surface area contributed by atoms with Gasteiger partial charge in [0.1, 0.15) is 18.8 Å². The quantitative estimate of drug-likeness (QED) is 0.463. The lowest BCUT2D eigenvalue weighted by molar-refractivity contribution is 0.0181. The zero-order chi connectivity index (χ0) is 23.7. The Kier molecular flexibility index (Phi) is 5.91. The maximum absolute atomic E-state index is 12.3. The number of alkyl carbamates (subject to hydrolysis) is 1. The Morgan fingerprint density at radius 2 is 1.65 bits per heavy atom. The van der Waals surface area contributed by atoms with E-state index in [0.29, 0.717) is 17.8 Å². The number of benzene rings is 3. The number of aliphatic hydroxyl groups excluding tert-OH is 2. The van der Waals surface area contributed by atoms with Crippen molar-refractivity contribution in [2.24, 2.45) is 0 Å². The van der Waals surface area contributed by atoms with Crippen LogP contribution < -0.4 is 14.8 Å². The normalized spacial score (nSPS) is 15.2. The van der Waals surface area contributed by atoms with Crippen LogP contribution in [0, 0.1) is 0 Å². The molecule has 2 unspecified atom stereocenters. The summed E-state index contributed by atoms with van der Waals surface area (Å²) in [5.74, 6) is 0.679. The van der Waals surface area contributed by atoms with Crippen LogP contribution in [0.4, 0.5) is 4.79 Å². The maximum atomic E-state index is 12.3. The van der Waals surface area contributed by atoms with Crippen molar-refractivity contribution in [1.29, 1.82) is 0 Å². The second kappa shape index (κ2) is 9.17. The van der Waals surface area contributed by atoms with Crippen LogP contribution >= 0.6 is 0 Å². The smallest absolute Gasteiger partial charge is 0.407 e. The molecule has 3 N–H and O–H groups in total. The highest BCUT2D eigenvalue weighted by atomic mass is 16.7. The van der Waals surface area contributed by atoms with E-state index in [0.717, 1.165) is 22.3 Å². The minimum atomic E-state index is -1.43. The second-order valence-electron chi connectivity index (χ2n) is 8.17. The van der Waals surface area contributed by atoms with Gasteiger partial charge in [0.25, 0.3) is 0 Å². The van der Waals surface area contributed by atoms with E-state index in [1.807, 2.05) is 36.4 Å². The molecule has 8 heteroatoms. The third-order valence-corrected chi connectivity index (χ3v) is 6.19. The molecule has 0 radical (unpaired) electrons. The molecule has 0 spiro atoms. The molecule has 1 aliphatic heterocycles. The molecule has 0 fully saturated rings. The molecular formula is C26H23NO7. The standard InChI is InChI=1S/C26H23NO7/c28-12-15-9-23-24(34-14-33-23)10-20(15)25(30)22(29)11-27-26(31)32-13-21-18-7-3-1-5-16(18)17-6-2-4-8-19(17)21/h1-10,12,21-22,25,29-30H,11,13-14H2,(H,27,31). The minimum Gasteiger partial charge on any atom is -0.454 e. The summed E-state index contributed by atoms with van der Waals surface area (Å²) in [6.45, 7) is -0.125. The molecular weight excluding hydrogens is 438 g/mol. The minimum absolute atomic E-state index is 0.0130. The van der Waals surface area contributed by atoms with E-state index in [-0.39, 0.29) is 37.0 Å². The predicted molar refractivity (Wildman–Crippen MR) is 122 cm³/mol. The number of carbonyl (C=O) groups is 2. The number of amides is 1. The molecule has 3 aromatic carbocycles. The topological polar surface area (TPSA) is 114 Å². The summed E-state index contributed by atoms with van der Waals surface area (Å²) in [7, 11) is 0. The van der Waals surface area contributed by atoms with E-state index in [4.69, 9.17) is 14.2 Å². The van der Waals surface area contributed by atoms with Crippen molar-refractivity contribution in [3.05, 3.63) is 82.9 Å². The number of ether oxygens (including phenoxy) is 3. The van der Waals surface area contributed by atoms with Gasteiger partial charge in [0, 0.05) is 18.0 Å². The van der Waals surface area contributed by atoms with Crippen molar-refractivity contribution < 1.29 is 34.0 Å². The SMILES string of the molecule is O=Cc1cc2c(cc1C(O)C(O)CNC(=O)OCC1c3ccccc3-c3ccccc31)OCO2. The lowest BCUT2D eigenvalue weighted by atomic mass is 9.98. The molecule has 0 saturated carbocycles. The van der Waals surface area contributed by atoms with Crippen molar-refractivity contribution in [3.8, 4) is 22.6 Å². The van der Waals surface area contributed by atoms with E-state index in [9.17, 15) is 19.8 Å². The number of nitrogens with one attached hydrogen (secondary N) is 1. The zero-order valence-corrected chi connectivity index (χ0v) is 18.1. The first kappa shape index (κ1) is 21.9. The van der Waals surface area contributed by atoms with Gasteiger partial charge in [0.05, 0.1) is 0 Å². The van der Waals surface area contributed by atoms with Gasteiger partial charge in [-0.3, -0.25) is 4.79 Å². The number of hydrogen-bond donors (Lipinski definition) is 3. The molecule has 2 aliphatic rings. The molecule has 1 heterocycles. The maximum Gasteiger partial charge on any atom is 0.407 e. The molecule has 3 aromatic rings. The Morgan fingerprint density at radius 3 is 2.29 bits per heavy atom. The predicted octanol–water partition coefficient (Wildman–Crippen LogP) is 3.16.